The third-order valence-electron chi connectivity index (χ3n) is 3.96. The molecule has 2 rings (SSSR count). The summed E-state index contributed by atoms with van der Waals surface area (Å²) in [7, 11) is 1.74. The predicted molar refractivity (Wildman–Crippen MR) is 71.3 cm³/mol. The maximum Gasteiger partial charge on any atom is 0.124 e. The Kier molecular flexibility index (Phi) is 3.17. The second-order valence-electron chi connectivity index (χ2n) is 5.66. The highest BCUT2D eigenvalue weighted by molar-refractivity contribution is 5.47. The first-order valence-corrected chi connectivity index (χ1v) is 6.41. The fourth-order valence-corrected chi connectivity index (χ4v) is 3.28. The van der Waals surface area contributed by atoms with Crippen LogP contribution >= 0.6 is 0 Å². The van der Waals surface area contributed by atoms with Crippen LogP contribution < -0.4 is 10.5 Å². The van der Waals surface area contributed by atoms with Gasteiger partial charge in [0.2, 0.25) is 0 Å². The molecule has 1 aromatic rings. The summed E-state index contributed by atoms with van der Waals surface area (Å²) < 4.78 is 5.54. The average Bonchev–Trinajstić information content (AvgIpc) is 2.57. The van der Waals surface area contributed by atoms with Gasteiger partial charge in [0.05, 0.1) is 7.11 Å². The van der Waals surface area contributed by atoms with E-state index in [-0.39, 0.29) is 5.54 Å². The van der Waals surface area contributed by atoms with E-state index in [2.05, 4.69) is 32.9 Å². The Balaban J connectivity index is 2.51. The van der Waals surface area contributed by atoms with Crippen LogP contribution in [0.4, 0.5) is 0 Å². The van der Waals surface area contributed by atoms with Crippen molar-refractivity contribution in [3.8, 4) is 5.75 Å². The maximum atomic E-state index is 6.62. The van der Waals surface area contributed by atoms with Gasteiger partial charge in [0, 0.05) is 11.1 Å². The molecule has 0 aromatic heterocycles. The van der Waals surface area contributed by atoms with Crippen molar-refractivity contribution in [1.82, 2.24) is 0 Å². The number of ether oxygens (including phenoxy) is 1. The van der Waals surface area contributed by atoms with E-state index in [9.17, 15) is 0 Å². The molecule has 0 saturated heterocycles. The number of nitrogens with two attached hydrogens (primary N) is 1. The molecule has 1 aliphatic carbocycles. The van der Waals surface area contributed by atoms with Crippen molar-refractivity contribution in [3.05, 3.63) is 28.8 Å². The highest BCUT2D eigenvalue weighted by Crippen LogP contribution is 2.44. The van der Waals surface area contributed by atoms with E-state index in [1.54, 1.807) is 7.11 Å². The summed E-state index contributed by atoms with van der Waals surface area (Å²) >= 11 is 0. The lowest BCUT2D eigenvalue weighted by Crippen LogP contribution is -2.35. The summed E-state index contributed by atoms with van der Waals surface area (Å²) in [4.78, 5) is 0. The average molecular weight is 233 g/mol. The van der Waals surface area contributed by atoms with Crippen LogP contribution in [0.15, 0.2) is 12.1 Å². The SMILES string of the molecule is COc1cc(C)cc(C)c1C1(N)CCC(C)C1. The Morgan fingerprint density at radius 1 is 1.35 bits per heavy atom. The molecule has 0 heterocycles. The van der Waals surface area contributed by atoms with Crippen LogP contribution in [-0.2, 0) is 5.54 Å². The van der Waals surface area contributed by atoms with E-state index in [0.717, 1.165) is 18.6 Å². The Bertz CT molecular complexity index is 427. The number of methoxy groups -OCH3 is 1. The van der Waals surface area contributed by atoms with Crippen LogP contribution in [0, 0.1) is 19.8 Å². The molecule has 1 saturated carbocycles. The first-order valence-electron chi connectivity index (χ1n) is 6.41. The molecule has 2 N–H and O–H groups in total. The van der Waals surface area contributed by atoms with Gasteiger partial charge >= 0.3 is 0 Å². The van der Waals surface area contributed by atoms with E-state index >= 15 is 0 Å². The fraction of sp³-hybridized carbons (Fsp3) is 0.600. The lowest BCUT2D eigenvalue weighted by atomic mass is 9.84. The molecule has 2 heteroatoms. The van der Waals surface area contributed by atoms with E-state index in [4.69, 9.17) is 10.5 Å². The summed E-state index contributed by atoms with van der Waals surface area (Å²) in [5, 5.41) is 0. The van der Waals surface area contributed by atoms with Crippen LogP contribution in [0.25, 0.3) is 0 Å². The molecule has 0 spiro atoms. The topological polar surface area (TPSA) is 35.2 Å². The van der Waals surface area contributed by atoms with Gasteiger partial charge in [-0.3, -0.25) is 0 Å². The zero-order valence-electron chi connectivity index (χ0n) is 11.3. The van der Waals surface area contributed by atoms with Crippen LogP contribution in [0.5, 0.6) is 5.75 Å². The number of hydrogen-bond donors (Lipinski definition) is 1. The third kappa shape index (κ3) is 2.19. The zero-order valence-corrected chi connectivity index (χ0v) is 11.3. The van der Waals surface area contributed by atoms with Crippen molar-refractivity contribution in [2.45, 2.75) is 45.6 Å². The first kappa shape index (κ1) is 12.4. The Hall–Kier alpha value is -1.02. The van der Waals surface area contributed by atoms with Gasteiger partial charge in [-0.25, -0.2) is 0 Å². The summed E-state index contributed by atoms with van der Waals surface area (Å²) in [5.41, 5.74) is 10.1. The summed E-state index contributed by atoms with van der Waals surface area (Å²) in [5.74, 6) is 1.67. The Labute approximate surface area is 104 Å². The Morgan fingerprint density at radius 2 is 2.06 bits per heavy atom. The fourth-order valence-electron chi connectivity index (χ4n) is 3.28. The highest BCUT2D eigenvalue weighted by atomic mass is 16.5. The van der Waals surface area contributed by atoms with Gasteiger partial charge in [0.25, 0.3) is 0 Å². The van der Waals surface area contributed by atoms with Crippen molar-refractivity contribution in [2.75, 3.05) is 7.11 Å². The summed E-state index contributed by atoms with van der Waals surface area (Å²) in [6.45, 7) is 6.52. The monoisotopic (exact) mass is 233 g/mol. The molecule has 0 amide bonds. The minimum Gasteiger partial charge on any atom is -0.496 e. The molecular formula is C15H23NO. The van der Waals surface area contributed by atoms with Gasteiger partial charge in [-0.1, -0.05) is 13.0 Å². The minimum atomic E-state index is -0.192. The molecule has 17 heavy (non-hydrogen) atoms. The number of aryl methyl sites for hydroxylation is 2. The normalized spacial score (nSPS) is 28.4. The van der Waals surface area contributed by atoms with Crippen LogP contribution in [0.1, 0.15) is 42.9 Å². The molecule has 0 radical (unpaired) electrons. The number of rotatable bonds is 2. The molecule has 2 unspecified atom stereocenters. The largest absolute Gasteiger partial charge is 0.496 e. The summed E-state index contributed by atoms with van der Waals surface area (Å²) in [6.07, 6.45) is 3.34. The van der Waals surface area contributed by atoms with Crippen molar-refractivity contribution in [3.63, 3.8) is 0 Å². The standard InChI is InChI=1S/C15H23NO/c1-10-5-6-15(16,9-10)14-12(3)7-11(2)8-13(14)17-4/h7-8,10H,5-6,9,16H2,1-4H3. The van der Waals surface area contributed by atoms with Crippen LogP contribution in [0.3, 0.4) is 0 Å². The van der Waals surface area contributed by atoms with E-state index < -0.39 is 0 Å². The van der Waals surface area contributed by atoms with Gasteiger partial charge in [-0.05, 0) is 56.2 Å². The second-order valence-corrected chi connectivity index (χ2v) is 5.66. The number of benzene rings is 1. The van der Waals surface area contributed by atoms with Crippen LogP contribution in [0.2, 0.25) is 0 Å². The third-order valence-corrected chi connectivity index (χ3v) is 3.96. The van der Waals surface area contributed by atoms with Crippen molar-refractivity contribution >= 4 is 0 Å². The number of hydrogen-bond acceptors (Lipinski definition) is 2. The molecule has 94 valence electrons. The van der Waals surface area contributed by atoms with Crippen molar-refractivity contribution < 1.29 is 4.74 Å². The molecule has 1 aliphatic rings. The van der Waals surface area contributed by atoms with Crippen molar-refractivity contribution in [1.29, 1.82) is 0 Å². The first-order chi connectivity index (χ1) is 7.96. The Morgan fingerprint density at radius 3 is 2.59 bits per heavy atom. The van der Waals surface area contributed by atoms with Gasteiger partial charge < -0.3 is 10.5 Å². The van der Waals surface area contributed by atoms with E-state index in [1.807, 2.05) is 0 Å². The smallest absolute Gasteiger partial charge is 0.124 e. The molecule has 0 aliphatic heterocycles. The molecule has 2 nitrogen and oxygen atoms in total. The lowest BCUT2D eigenvalue weighted by molar-refractivity contribution is 0.372. The minimum absolute atomic E-state index is 0.192. The van der Waals surface area contributed by atoms with Gasteiger partial charge in [0.15, 0.2) is 0 Å². The lowest BCUT2D eigenvalue weighted by Gasteiger charge is -2.29. The highest BCUT2D eigenvalue weighted by Gasteiger charge is 2.38. The zero-order chi connectivity index (χ0) is 12.6. The van der Waals surface area contributed by atoms with E-state index in [1.165, 1.54) is 23.1 Å². The van der Waals surface area contributed by atoms with Gasteiger partial charge in [-0.15, -0.1) is 0 Å². The molecule has 1 aromatic carbocycles. The molecule has 0 bridgehead atoms. The molecule has 2 atom stereocenters. The maximum absolute atomic E-state index is 6.62. The molecular weight excluding hydrogens is 210 g/mol. The van der Waals surface area contributed by atoms with Crippen LogP contribution in [-0.4, -0.2) is 7.11 Å². The quantitative estimate of drug-likeness (QED) is 0.850. The van der Waals surface area contributed by atoms with Gasteiger partial charge in [-0.2, -0.15) is 0 Å². The van der Waals surface area contributed by atoms with E-state index in [0.29, 0.717) is 5.92 Å². The second kappa shape index (κ2) is 4.34. The van der Waals surface area contributed by atoms with Crippen molar-refractivity contribution in [2.24, 2.45) is 11.7 Å². The van der Waals surface area contributed by atoms with Gasteiger partial charge in [0.1, 0.15) is 5.75 Å². The molecule has 1 fully saturated rings. The predicted octanol–water partition coefficient (Wildman–Crippen LogP) is 3.29. The summed E-state index contributed by atoms with van der Waals surface area (Å²) in [6, 6.07) is 4.30.